The summed E-state index contributed by atoms with van der Waals surface area (Å²) in [6.07, 6.45) is 1.21. The Morgan fingerprint density at radius 1 is 1.09 bits per heavy atom. The number of sulfonamides is 1. The van der Waals surface area contributed by atoms with Crippen LogP contribution in [0.3, 0.4) is 0 Å². The van der Waals surface area contributed by atoms with Gasteiger partial charge in [-0.3, -0.25) is 9.69 Å². The summed E-state index contributed by atoms with van der Waals surface area (Å²) in [5, 5.41) is 0. The van der Waals surface area contributed by atoms with Gasteiger partial charge in [0.2, 0.25) is 10.0 Å². The summed E-state index contributed by atoms with van der Waals surface area (Å²) < 4.78 is 34.8. The second kappa shape index (κ2) is 7.29. The van der Waals surface area contributed by atoms with Gasteiger partial charge in [-0.25, -0.2) is 8.42 Å². The van der Waals surface area contributed by atoms with Gasteiger partial charge in [-0.15, -0.1) is 0 Å². The van der Waals surface area contributed by atoms with E-state index in [1.807, 2.05) is 4.90 Å². The van der Waals surface area contributed by atoms with Gasteiger partial charge in [0.05, 0.1) is 27.0 Å². The summed E-state index contributed by atoms with van der Waals surface area (Å²) in [5.74, 6) is 1.06. The monoisotopic (exact) mass is 342 g/mol. The van der Waals surface area contributed by atoms with Gasteiger partial charge in [0.25, 0.3) is 0 Å². The molecule has 0 saturated carbocycles. The van der Waals surface area contributed by atoms with Crippen molar-refractivity contribution in [1.29, 1.82) is 0 Å². The molecule has 0 unspecified atom stereocenters. The number of ketones is 1. The van der Waals surface area contributed by atoms with E-state index >= 15 is 0 Å². The molecular weight excluding hydrogens is 320 g/mol. The molecule has 1 aliphatic heterocycles. The Hall–Kier alpha value is -1.64. The highest BCUT2D eigenvalue weighted by atomic mass is 32.2. The topological polar surface area (TPSA) is 76.2 Å². The van der Waals surface area contributed by atoms with Crippen LogP contribution in [0.2, 0.25) is 0 Å². The maximum atomic E-state index is 12.4. The molecule has 1 fully saturated rings. The van der Waals surface area contributed by atoms with Gasteiger partial charge < -0.3 is 9.47 Å². The number of hydrogen-bond donors (Lipinski definition) is 0. The van der Waals surface area contributed by atoms with Crippen molar-refractivity contribution in [1.82, 2.24) is 9.21 Å². The van der Waals surface area contributed by atoms with Crippen molar-refractivity contribution in [3.8, 4) is 11.5 Å². The molecule has 1 aliphatic rings. The lowest BCUT2D eigenvalue weighted by atomic mass is 10.1. The van der Waals surface area contributed by atoms with E-state index in [0.717, 1.165) is 0 Å². The van der Waals surface area contributed by atoms with E-state index in [-0.39, 0.29) is 12.3 Å². The number of hydrogen-bond acceptors (Lipinski definition) is 6. The van der Waals surface area contributed by atoms with Gasteiger partial charge in [0.1, 0.15) is 0 Å². The van der Waals surface area contributed by atoms with E-state index in [1.54, 1.807) is 25.3 Å². The number of Topliss-reactive ketones (excluding diaryl/α,β-unsaturated/α-hetero) is 1. The van der Waals surface area contributed by atoms with E-state index in [1.165, 1.54) is 17.7 Å². The molecule has 1 aromatic rings. The Kier molecular flexibility index (Phi) is 5.61. The molecule has 7 nitrogen and oxygen atoms in total. The lowest BCUT2D eigenvalue weighted by molar-refractivity contribution is 0.0901. The fraction of sp³-hybridized carbons (Fsp3) is 0.533. The molecule has 128 valence electrons. The summed E-state index contributed by atoms with van der Waals surface area (Å²) in [6.45, 7) is 2.18. The fourth-order valence-electron chi connectivity index (χ4n) is 2.52. The standard InChI is InChI=1S/C15H22N2O5S/c1-21-14-5-4-12(10-15(14)22-2)13(18)11-16-6-8-17(9-7-16)23(3,19)20/h4-5,10H,6-9,11H2,1-3H3. The normalized spacial score (nSPS) is 17.0. The predicted octanol–water partition coefficient (Wildman–Crippen LogP) is 0.464. The molecule has 1 aromatic carbocycles. The summed E-state index contributed by atoms with van der Waals surface area (Å²) in [6, 6.07) is 5.07. The Balaban J connectivity index is 1.98. The highest BCUT2D eigenvalue weighted by Crippen LogP contribution is 2.27. The first-order valence-corrected chi connectivity index (χ1v) is 9.12. The first-order chi connectivity index (χ1) is 10.8. The van der Waals surface area contributed by atoms with Crippen molar-refractivity contribution < 1.29 is 22.7 Å². The quantitative estimate of drug-likeness (QED) is 0.699. The Morgan fingerprint density at radius 2 is 1.70 bits per heavy atom. The molecule has 23 heavy (non-hydrogen) atoms. The molecule has 0 N–H and O–H groups in total. The molecular formula is C15H22N2O5S. The molecule has 0 amide bonds. The largest absolute Gasteiger partial charge is 0.493 e. The number of ether oxygens (including phenoxy) is 2. The summed E-state index contributed by atoms with van der Waals surface area (Å²) >= 11 is 0. The van der Waals surface area contributed by atoms with Crippen molar-refractivity contribution in [3.63, 3.8) is 0 Å². The average molecular weight is 342 g/mol. The fourth-order valence-corrected chi connectivity index (χ4v) is 3.35. The highest BCUT2D eigenvalue weighted by molar-refractivity contribution is 7.88. The van der Waals surface area contributed by atoms with E-state index in [4.69, 9.17) is 9.47 Å². The van der Waals surface area contributed by atoms with Crippen LogP contribution in [0, 0.1) is 0 Å². The van der Waals surface area contributed by atoms with Crippen LogP contribution >= 0.6 is 0 Å². The third-order valence-corrected chi connectivity index (χ3v) is 5.18. The number of carbonyl (C=O) groups excluding carboxylic acids is 1. The molecule has 2 rings (SSSR count). The van der Waals surface area contributed by atoms with E-state index < -0.39 is 10.0 Å². The van der Waals surface area contributed by atoms with Crippen molar-refractivity contribution in [2.24, 2.45) is 0 Å². The number of nitrogens with zero attached hydrogens (tertiary/aromatic N) is 2. The number of methoxy groups -OCH3 is 2. The Labute approximate surface area is 136 Å². The molecule has 0 aliphatic carbocycles. The second-order valence-electron chi connectivity index (χ2n) is 5.43. The summed E-state index contributed by atoms with van der Waals surface area (Å²) in [7, 11) is -0.0887. The Bertz CT molecular complexity index is 666. The molecule has 0 spiro atoms. The molecule has 0 atom stereocenters. The number of piperazine rings is 1. The first kappa shape index (κ1) is 17.7. The maximum Gasteiger partial charge on any atom is 0.211 e. The smallest absolute Gasteiger partial charge is 0.211 e. The molecule has 8 heteroatoms. The van der Waals surface area contributed by atoms with E-state index in [9.17, 15) is 13.2 Å². The van der Waals surface area contributed by atoms with Gasteiger partial charge >= 0.3 is 0 Å². The van der Waals surface area contributed by atoms with Crippen LogP contribution in [0.1, 0.15) is 10.4 Å². The van der Waals surface area contributed by atoms with Gasteiger partial charge in [-0.05, 0) is 18.2 Å². The first-order valence-electron chi connectivity index (χ1n) is 7.28. The highest BCUT2D eigenvalue weighted by Gasteiger charge is 2.24. The van der Waals surface area contributed by atoms with Crippen LogP contribution in [-0.4, -0.2) is 76.6 Å². The van der Waals surface area contributed by atoms with Gasteiger partial charge in [0, 0.05) is 31.7 Å². The minimum absolute atomic E-state index is 0.0289. The van der Waals surface area contributed by atoms with Gasteiger partial charge in [0.15, 0.2) is 17.3 Å². The van der Waals surface area contributed by atoms with Crippen LogP contribution in [0.15, 0.2) is 18.2 Å². The third-order valence-electron chi connectivity index (χ3n) is 3.87. The SMILES string of the molecule is COc1ccc(C(=O)CN2CCN(S(C)(=O)=O)CC2)cc1OC. The van der Waals surface area contributed by atoms with Crippen molar-refractivity contribution >= 4 is 15.8 Å². The van der Waals surface area contributed by atoms with Crippen LogP contribution in [0.25, 0.3) is 0 Å². The second-order valence-corrected chi connectivity index (χ2v) is 7.41. The summed E-state index contributed by atoms with van der Waals surface area (Å²) in [4.78, 5) is 14.3. The minimum Gasteiger partial charge on any atom is -0.493 e. The third kappa shape index (κ3) is 4.43. The molecule has 0 radical (unpaired) electrons. The van der Waals surface area contributed by atoms with Crippen LogP contribution in [-0.2, 0) is 10.0 Å². The molecule has 0 bridgehead atoms. The van der Waals surface area contributed by atoms with Crippen molar-refractivity contribution in [3.05, 3.63) is 23.8 Å². The minimum atomic E-state index is -3.16. The Morgan fingerprint density at radius 3 is 2.22 bits per heavy atom. The van der Waals surface area contributed by atoms with Crippen LogP contribution < -0.4 is 9.47 Å². The van der Waals surface area contributed by atoms with Gasteiger partial charge in [-0.2, -0.15) is 4.31 Å². The van der Waals surface area contributed by atoms with E-state index in [2.05, 4.69) is 0 Å². The van der Waals surface area contributed by atoms with Crippen LogP contribution in [0.4, 0.5) is 0 Å². The lowest BCUT2D eigenvalue weighted by Crippen LogP contribution is -2.49. The zero-order valence-corrected chi connectivity index (χ0v) is 14.4. The molecule has 1 heterocycles. The number of rotatable bonds is 6. The average Bonchev–Trinajstić information content (AvgIpc) is 2.53. The van der Waals surface area contributed by atoms with Gasteiger partial charge in [-0.1, -0.05) is 0 Å². The lowest BCUT2D eigenvalue weighted by Gasteiger charge is -2.32. The van der Waals surface area contributed by atoms with Crippen molar-refractivity contribution in [2.45, 2.75) is 0 Å². The maximum absolute atomic E-state index is 12.4. The van der Waals surface area contributed by atoms with Crippen LogP contribution in [0.5, 0.6) is 11.5 Å². The number of benzene rings is 1. The summed E-state index contributed by atoms with van der Waals surface area (Å²) in [5.41, 5.74) is 0.549. The zero-order chi connectivity index (χ0) is 17.0. The van der Waals surface area contributed by atoms with Crippen molar-refractivity contribution in [2.75, 3.05) is 53.2 Å². The predicted molar refractivity (Wildman–Crippen MR) is 86.7 cm³/mol. The zero-order valence-electron chi connectivity index (χ0n) is 13.6. The molecule has 1 saturated heterocycles. The molecule has 0 aromatic heterocycles. The number of carbonyl (C=O) groups is 1. The van der Waals surface area contributed by atoms with E-state index in [0.29, 0.717) is 43.2 Å².